The highest BCUT2D eigenvalue weighted by atomic mass is 16.5. The van der Waals surface area contributed by atoms with Crippen LogP contribution in [0.2, 0.25) is 0 Å². The molecule has 1 unspecified atom stereocenters. The van der Waals surface area contributed by atoms with Gasteiger partial charge in [-0.05, 0) is 29.7 Å². The number of hydrogen-bond acceptors (Lipinski definition) is 6. The van der Waals surface area contributed by atoms with E-state index in [-0.39, 0.29) is 23.5 Å². The van der Waals surface area contributed by atoms with Crippen LogP contribution in [0.15, 0.2) is 40.8 Å². The van der Waals surface area contributed by atoms with E-state index in [1.165, 1.54) is 7.05 Å². The molecule has 0 radical (unpaired) electrons. The molecule has 3 rings (SSSR count). The van der Waals surface area contributed by atoms with Crippen LogP contribution in [0.4, 0.5) is 0 Å². The first-order valence-electron chi connectivity index (χ1n) is 10.7. The summed E-state index contributed by atoms with van der Waals surface area (Å²) >= 11 is 0. The van der Waals surface area contributed by atoms with E-state index in [4.69, 9.17) is 9.15 Å². The summed E-state index contributed by atoms with van der Waals surface area (Å²) in [5.41, 5.74) is 1.67. The molecule has 0 aliphatic carbocycles. The number of amides is 3. The summed E-state index contributed by atoms with van der Waals surface area (Å²) in [4.78, 5) is 36.8. The minimum absolute atomic E-state index is 0.0741. The first-order chi connectivity index (χ1) is 15.4. The lowest BCUT2D eigenvalue weighted by Gasteiger charge is -2.22. The Hall–Kier alpha value is -3.17. The average molecular weight is 443 g/mol. The number of likely N-dealkylation sites (N-methyl/N-ethyl adjacent to an activating group) is 1. The Morgan fingerprint density at radius 2 is 2.00 bits per heavy atom. The summed E-state index contributed by atoms with van der Waals surface area (Å²) in [6.07, 6.45) is -0.484. The van der Waals surface area contributed by atoms with Crippen LogP contribution in [-0.2, 0) is 20.9 Å². The fourth-order valence-electron chi connectivity index (χ4n) is 3.39. The van der Waals surface area contributed by atoms with Crippen molar-refractivity contribution in [1.29, 1.82) is 0 Å². The number of furan rings is 1. The number of carbonyl (C=O) groups is 3. The van der Waals surface area contributed by atoms with Crippen molar-refractivity contribution in [2.24, 2.45) is 5.92 Å². The molecule has 172 valence electrons. The van der Waals surface area contributed by atoms with Crippen molar-refractivity contribution in [2.45, 2.75) is 32.5 Å². The SMILES string of the molecule is CNC(=O)[C@@H](NC(=O)c1ccc(-c2cccc(CNC(=O)C3CNCCO3)c2)o1)C(C)C. The van der Waals surface area contributed by atoms with E-state index >= 15 is 0 Å². The zero-order valence-corrected chi connectivity index (χ0v) is 18.6. The van der Waals surface area contributed by atoms with E-state index < -0.39 is 18.1 Å². The third kappa shape index (κ3) is 5.95. The smallest absolute Gasteiger partial charge is 0.287 e. The largest absolute Gasteiger partial charge is 0.451 e. The molecule has 1 saturated heterocycles. The molecule has 2 aromatic rings. The summed E-state index contributed by atoms with van der Waals surface area (Å²) < 4.78 is 11.2. The number of rotatable bonds is 8. The summed E-state index contributed by atoms with van der Waals surface area (Å²) in [7, 11) is 1.53. The first-order valence-corrected chi connectivity index (χ1v) is 10.7. The number of nitrogens with one attached hydrogen (secondary N) is 4. The van der Waals surface area contributed by atoms with E-state index in [0.29, 0.717) is 25.5 Å². The summed E-state index contributed by atoms with van der Waals surface area (Å²) in [5.74, 6) is -0.308. The molecule has 1 aromatic heterocycles. The van der Waals surface area contributed by atoms with Crippen LogP contribution >= 0.6 is 0 Å². The second-order valence-electron chi connectivity index (χ2n) is 7.96. The minimum atomic E-state index is -0.656. The summed E-state index contributed by atoms with van der Waals surface area (Å²) in [6, 6.07) is 10.1. The molecule has 1 aliphatic heterocycles. The molecule has 9 nitrogen and oxygen atoms in total. The maximum absolute atomic E-state index is 12.6. The highest BCUT2D eigenvalue weighted by molar-refractivity contribution is 5.96. The van der Waals surface area contributed by atoms with Crippen LogP contribution < -0.4 is 21.3 Å². The van der Waals surface area contributed by atoms with Gasteiger partial charge in [0, 0.05) is 32.2 Å². The van der Waals surface area contributed by atoms with Crippen LogP contribution in [-0.4, -0.2) is 56.6 Å². The van der Waals surface area contributed by atoms with Crippen LogP contribution in [0, 0.1) is 5.92 Å². The van der Waals surface area contributed by atoms with Gasteiger partial charge in [-0.1, -0.05) is 32.0 Å². The number of hydrogen-bond donors (Lipinski definition) is 4. The molecule has 0 bridgehead atoms. The Morgan fingerprint density at radius 1 is 1.19 bits per heavy atom. The lowest BCUT2D eigenvalue weighted by Crippen LogP contribution is -2.48. The van der Waals surface area contributed by atoms with Gasteiger partial charge in [0.1, 0.15) is 17.9 Å². The lowest BCUT2D eigenvalue weighted by molar-refractivity contribution is -0.134. The molecular weight excluding hydrogens is 412 g/mol. The Morgan fingerprint density at radius 3 is 2.69 bits per heavy atom. The second-order valence-corrected chi connectivity index (χ2v) is 7.96. The van der Waals surface area contributed by atoms with Gasteiger partial charge in [0.25, 0.3) is 11.8 Å². The maximum Gasteiger partial charge on any atom is 0.287 e. The highest BCUT2D eigenvalue weighted by Gasteiger charge is 2.25. The van der Waals surface area contributed by atoms with Gasteiger partial charge in [0.05, 0.1) is 6.61 Å². The number of carbonyl (C=O) groups excluding carboxylic acids is 3. The topological polar surface area (TPSA) is 122 Å². The maximum atomic E-state index is 12.6. The zero-order valence-electron chi connectivity index (χ0n) is 18.6. The summed E-state index contributed by atoms with van der Waals surface area (Å²) in [5, 5.41) is 11.3. The molecule has 0 saturated carbocycles. The Kier molecular flexibility index (Phi) is 8.02. The Labute approximate surface area is 187 Å². The Bertz CT molecular complexity index is 949. The quantitative estimate of drug-likeness (QED) is 0.485. The van der Waals surface area contributed by atoms with Crippen molar-refractivity contribution in [3.63, 3.8) is 0 Å². The Balaban J connectivity index is 1.63. The second kappa shape index (κ2) is 10.9. The molecule has 1 aromatic carbocycles. The predicted octanol–water partition coefficient (Wildman–Crippen LogP) is 1.05. The van der Waals surface area contributed by atoms with E-state index in [0.717, 1.165) is 17.7 Å². The van der Waals surface area contributed by atoms with Crippen molar-refractivity contribution < 1.29 is 23.5 Å². The third-order valence-corrected chi connectivity index (χ3v) is 5.21. The monoisotopic (exact) mass is 442 g/mol. The normalized spacial score (nSPS) is 16.9. The molecule has 2 atom stereocenters. The van der Waals surface area contributed by atoms with Crippen molar-refractivity contribution in [1.82, 2.24) is 21.3 Å². The first kappa shape index (κ1) is 23.5. The van der Waals surface area contributed by atoms with Gasteiger partial charge in [-0.15, -0.1) is 0 Å². The van der Waals surface area contributed by atoms with E-state index in [1.807, 2.05) is 38.1 Å². The van der Waals surface area contributed by atoms with Crippen molar-refractivity contribution in [3.05, 3.63) is 47.7 Å². The van der Waals surface area contributed by atoms with Crippen molar-refractivity contribution in [3.8, 4) is 11.3 Å². The van der Waals surface area contributed by atoms with Crippen LogP contribution in [0.25, 0.3) is 11.3 Å². The fourth-order valence-corrected chi connectivity index (χ4v) is 3.39. The van der Waals surface area contributed by atoms with Crippen molar-refractivity contribution in [2.75, 3.05) is 26.7 Å². The molecule has 9 heteroatoms. The number of ether oxygens (including phenoxy) is 1. The van der Waals surface area contributed by atoms with E-state index in [2.05, 4.69) is 21.3 Å². The van der Waals surface area contributed by atoms with Gasteiger partial charge in [0.15, 0.2) is 5.76 Å². The van der Waals surface area contributed by atoms with Gasteiger partial charge in [-0.25, -0.2) is 0 Å². The average Bonchev–Trinajstić information content (AvgIpc) is 3.31. The fraction of sp³-hybridized carbons (Fsp3) is 0.435. The van der Waals surface area contributed by atoms with Gasteiger partial charge in [-0.2, -0.15) is 0 Å². The standard InChI is InChI=1S/C23H30N4O5/c1-14(2)20(23(30)24-3)27-22(29)18-8-7-17(32-18)16-6-4-5-15(11-16)12-26-21(28)19-13-25-9-10-31-19/h4-8,11,14,19-20,25H,9-10,12-13H2,1-3H3,(H,24,30)(H,26,28)(H,27,29)/t19?,20-/m0/s1. The molecular formula is C23H30N4O5. The van der Waals surface area contributed by atoms with Gasteiger partial charge in [0.2, 0.25) is 5.91 Å². The summed E-state index contributed by atoms with van der Waals surface area (Å²) in [6.45, 7) is 5.83. The van der Waals surface area contributed by atoms with Gasteiger partial charge < -0.3 is 30.4 Å². The van der Waals surface area contributed by atoms with Gasteiger partial charge >= 0.3 is 0 Å². The molecule has 1 fully saturated rings. The van der Waals surface area contributed by atoms with Crippen molar-refractivity contribution >= 4 is 17.7 Å². The molecule has 32 heavy (non-hydrogen) atoms. The van der Waals surface area contributed by atoms with E-state index in [9.17, 15) is 14.4 Å². The number of benzene rings is 1. The van der Waals surface area contributed by atoms with E-state index in [1.54, 1.807) is 12.1 Å². The van der Waals surface area contributed by atoms with Gasteiger partial charge in [-0.3, -0.25) is 14.4 Å². The number of morpholine rings is 1. The van der Waals surface area contributed by atoms with Crippen LogP contribution in [0.3, 0.4) is 0 Å². The van der Waals surface area contributed by atoms with Crippen LogP contribution in [0.5, 0.6) is 0 Å². The lowest BCUT2D eigenvalue weighted by atomic mass is 10.0. The predicted molar refractivity (Wildman–Crippen MR) is 119 cm³/mol. The minimum Gasteiger partial charge on any atom is -0.451 e. The molecule has 0 spiro atoms. The highest BCUT2D eigenvalue weighted by Crippen LogP contribution is 2.23. The molecule has 1 aliphatic rings. The molecule has 4 N–H and O–H groups in total. The third-order valence-electron chi connectivity index (χ3n) is 5.21. The zero-order chi connectivity index (χ0) is 23.1. The van der Waals surface area contributed by atoms with Crippen LogP contribution in [0.1, 0.15) is 30.0 Å². The molecule has 3 amide bonds. The molecule has 2 heterocycles.